The highest BCUT2D eigenvalue weighted by Crippen LogP contribution is 2.12. The molecule has 94 valence electrons. The van der Waals surface area contributed by atoms with Gasteiger partial charge in [0, 0.05) is 16.6 Å². The van der Waals surface area contributed by atoms with Gasteiger partial charge in [0.05, 0.1) is 12.7 Å². The lowest BCUT2D eigenvalue weighted by atomic mass is 10.1. The Morgan fingerprint density at radius 2 is 2.24 bits per heavy atom. The predicted molar refractivity (Wildman–Crippen MR) is 70.4 cm³/mol. The minimum atomic E-state index is -0.0638. The van der Waals surface area contributed by atoms with E-state index in [-0.39, 0.29) is 18.5 Å². The topological polar surface area (TPSA) is 35.5 Å². The van der Waals surface area contributed by atoms with Crippen LogP contribution in [0.5, 0.6) is 0 Å². The first-order valence-electron chi connectivity index (χ1n) is 5.61. The molecule has 0 saturated carbocycles. The van der Waals surface area contributed by atoms with Crippen molar-refractivity contribution in [3.8, 4) is 0 Å². The Morgan fingerprint density at radius 3 is 2.88 bits per heavy atom. The van der Waals surface area contributed by atoms with Crippen molar-refractivity contribution in [3.63, 3.8) is 0 Å². The van der Waals surface area contributed by atoms with E-state index < -0.39 is 0 Å². The van der Waals surface area contributed by atoms with Gasteiger partial charge in [0.1, 0.15) is 6.61 Å². The van der Waals surface area contributed by atoms with Crippen LogP contribution in [0, 0.1) is 0 Å². The highest BCUT2D eigenvalue weighted by atomic mass is 79.9. The summed E-state index contributed by atoms with van der Waals surface area (Å²) in [6.45, 7) is 5.09. The molecule has 0 aliphatic rings. The summed E-state index contributed by atoms with van der Waals surface area (Å²) in [7, 11) is 0. The number of hydrogen-bond donors (Lipinski definition) is 0. The number of carbonyl (C=O) groups excluding carboxylic acids is 1. The fourth-order valence-corrected chi connectivity index (χ4v) is 1.69. The maximum Gasteiger partial charge on any atom is 0.188 e. The molecule has 0 N–H and O–H groups in total. The molecule has 0 radical (unpaired) electrons. The van der Waals surface area contributed by atoms with E-state index >= 15 is 0 Å². The van der Waals surface area contributed by atoms with Gasteiger partial charge in [0.2, 0.25) is 0 Å². The minimum absolute atomic E-state index is 0.0188. The summed E-state index contributed by atoms with van der Waals surface area (Å²) in [6.07, 6.45) is -0.0638. The highest BCUT2D eigenvalue weighted by Gasteiger charge is 2.09. The lowest BCUT2D eigenvalue weighted by Gasteiger charge is -2.12. The summed E-state index contributed by atoms with van der Waals surface area (Å²) in [5.41, 5.74) is 0.656. The molecule has 1 aromatic carbocycles. The lowest BCUT2D eigenvalue weighted by Crippen LogP contribution is -2.20. The molecule has 1 unspecified atom stereocenters. The molecule has 0 saturated heterocycles. The molecule has 1 rings (SSSR count). The van der Waals surface area contributed by atoms with E-state index in [1.54, 1.807) is 12.1 Å². The number of hydrogen-bond acceptors (Lipinski definition) is 3. The largest absolute Gasteiger partial charge is 0.379 e. The normalized spacial score (nSPS) is 12.4. The van der Waals surface area contributed by atoms with Crippen molar-refractivity contribution in [3.05, 3.63) is 34.3 Å². The number of rotatable bonds is 7. The van der Waals surface area contributed by atoms with Crippen LogP contribution in [0.25, 0.3) is 0 Å². The molecule has 4 heteroatoms. The van der Waals surface area contributed by atoms with E-state index in [2.05, 4.69) is 15.9 Å². The number of ketones is 1. The van der Waals surface area contributed by atoms with Crippen molar-refractivity contribution in [2.75, 3.05) is 19.8 Å². The lowest BCUT2D eigenvalue weighted by molar-refractivity contribution is 0.00115. The van der Waals surface area contributed by atoms with Crippen LogP contribution in [-0.2, 0) is 9.47 Å². The van der Waals surface area contributed by atoms with E-state index in [1.165, 1.54) is 0 Å². The number of benzene rings is 1. The fraction of sp³-hybridized carbons (Fsp3) is 0.462. The monoisotopic (exact) mass is 300 g/mol. The van der Waals surface area contributed by atoms with E-state index in [0.717, 1.165) is 4.47 Å². The second-order valence-corrected chi connectivity index (χ2v) is 4.63. The average Bonchev–Trinajstić information content (AvgIpc) is 2.33. The highest BCUT2D eigenvalue weighted by molar-refractivity contribution is 9.10. The molecule has 0 aliphatic carbocycles. The van der Waals surface area contributed by atoms with Crippen molar-refractivity contribution in [2.45, 2.75) is 20.0 Å². The molecule has 0 aromatic heterocycles. The molecule has 0 amide bonds. The molecule has 0 fully saturated rings. The van der Waals surface area contributed by atoms with Gasteiger partial charge in [-0.2, -0.15) is 0 Å². The van der Waals surface area contributed by atoms with Crippen LogP contribution < -0.4 is 0 Å². The average molecular weight is 301 g/mol. The molecule has 0 aliphatic heterocycles. The van der Waals surface area contributed by atoms with Gasteiger partial charge in [-0.05, 0) is 26.0 Å². The summed E-state index contributed by atoms with van der Waals surface area (Å²) in [5, 5.41) is 0. The van der Waals surface area contributed by atoms with Crippen LogP contribution in [0.4, 0.5) is 0 Å². The van der Waals surface area contributed by atoms with Gasteiger partial charge in [-0.3, -0.25) is 4.79 Å². The number of ether oxygens (including phenoxy) is 2. The Hall–Kier alpha value is -0.710. The summed E-state index contributed by atoms with van der Waals surface area (Å²) >= 11 is 3.33. The number of carbonyl (C=O) groups is 1. The van der Waals surface area contributed by atoms with Crippen molar-refractivity contribution < 1.29 is 14.3 Å². The summed E-state index contributed by atoms with van der Waals surface area (Å²) in [6, 6.07) is 7.29. The second-order valence-electron chi connectivity index (χ2n) is 3.71. The maximum absolute atomic E-state index is 11.8. The van der Waals surface area contributed by atoms with Crippen molar-refractivity contribution in [2.24, 2.45) is 0 Å². The van der Waals surface area contributed by atoms with Crippen LogP contribution in [0.3, 0.4) is 0 Å². The van der Waals surface area contributed by atoms with Gasteiger partial charge in [-0.25, -0.2) is 0 Å². The fourth-order valence-electron chi connectivity index (χ4n) is 1.30. The Bertz CT molecular complexity index is 365. The van der Waals surface area contributed by atoms with Gasteiger partial charge >= 0.3 is 0 Å². The van der Waals surface area contributed by atoms with E-state index in [1.807, 2.05) is 26.0 Å². The first kappa shape index (κ1) is 14.4. The zero-order valence-electron chi connectivity index (χ0n) is 10.1. The van der Waals surface area contributed by atoms with Crippen molar-refractivity contribution in [1.82, 2.24) is 0 Å². The van der Waals surface area contributed by atoms with Crippen molar-refractivity contribution in [1.29, 1.82) is 0 Å². The zero-order chi connectivity index (χ0) is 12.7. The molecule has 0 heterocycles. The van der Waals surface area contributed by atoms with E-state index in [4.69, 9.17) is 9.47 Å². The third kappa shape index (κ3) is 5.44. The molecule has 1 atom stereocenters. The Kier molecular flexibility index (Phi) is 6.40. The maximum atomic E-state index is 11.8. The third-order valence-corrected chi connectivity index (χ3v) is 2.70. The molecular formula is C13H17BrO3. The third-order valence-electron chi connectivity index (χ3n) is 2.20. The Balaban J connectivity index is 2.39. The summed E-state index contributed by atoms with van der Waals surface area (Å²) < 4.78 is 11.5. The van der Waals surface area contributed by atoms with Crippen LogP contribution in [-0.4, -0.2) is 31.7 Å². The van der Waals surface area contributed by atoms with Gasteiger partial charge in [0.25, 0.3) is 0 Å². The summed E-state index contributed by atoms with van der Waals surface area (Å²) in [4.78, 5) is 11.8. The predicted octanol–water partition coefficient (Wildman–Crippen LogP) is 3.07. The quantitative estimate of drug-likeness (QED) is 0.726. The van der Waals surface area contributed by atoms with Crippen LogP contribution in [0.2, 0.25) is 0 Å². The standard InChI is InChI=1S/C13H17BrO3/c1-3-16-8-10(2)17-9-13(15)11-5-4-6-12(14)7-11/h4-7,10H,3,8-9H2,1-2H3. The molecule has 1 aromatic rings. The summed E-state index contributed by atoms with van der Waals surface area (Å²) in [5.74, 6) is -0.0188. The van der Waals surface area contributed by atoms with Crippen LogP contribution in [0.1, 0.15) is 24.2 Å². The Labute approximate surface area is 110 Å². The first-order chi connectivity index (χ1) is 8.13. The molecule has 0 spiro atoms. The minimum Gasteiger partial charge on any atom is -0.379 e. The van der Waals surface area contributed by atoms with Gasteiger partial charge in [-0.1, -0.05) is 28.1 Å². The van der Waals surface area contributed by atoms with Gasteiger partial charge < -0.3 is 9.47 Å². The molecule has 17 heavy (non-hydrogen) atoms. The van der Waals surface area contributed by atoms with Crippen LogP contribution >= 0.6 is 15.9 Å². The molecule has 3 nitrogen and oxygen atoms in total. The van der Waals surface area contributed by atoms with Gasteiger partial charge in [-0.15, -0.1) is 0 Å². The smallest absolute Gasteiger partial charge is 0.188 e. The first-order valence-corrected chi connectivity index (χ1v) is 6.41. The molecule has 0 bridgehead atoms. The van der Waals surface area contributed by atoms with E-state index in [9.17, 15) is 4.79 Å². The SMILES string of the molecule is CCOCC(C)OCC(=O)c1cccc(Br)c1. The zero-order valence-corrected chi connectivity index (χ0v) is 11.7. The number of Topliss-reactive ketones (excluding diaryl/α,β-unsaturated/α-hetero) is 1. The van der Waals surface area contributed by atoms with Crippen LogP contribution in [0.15, 0.2) is 28.7 Å². The number of halogens is 1. The Morgan fingerprint density at radius 1 is 1.47 bits per heavy atom. The second kappa shape index (κ2) is 7.58. The molecular weight excluding hydrogens is 284 g/mol. The van der Waals surface area contributed by atoms with E-state index in [0.29, 0.717) is 18.8 Å². The van der Waals surface area contributed by atoms with Gasteiger partial charge in [0.15, 0.2) is 5.78 Å². The van der Waals surface area contributed by atoms with Crippen molar-refractivity contribution >= 4 is 21.7 Å².